The van der Waals surface area contributed by atoms with E-state index >= 15 is 0 Å². The van der Waals surface area contributed by atoms with Crippen LogP contribution in [-0.4, -0.2) is 26.5 Å². The largest absolute Gasteiger partial charge is 0.302 e. The number of carbonyl (C=O) groups is 1. The smallest absolute Gasteiger partial charge is 0.170 e. The molecule has 1 atom stereocenters. The molecule has 1 rings (SSSR count). The topological polar surface area (TPSA) is 60.7 Å². The second kappa shape index (κ2) is 2.78. The first-order valence-electron chi connectivity index (χ1n) is 2.61. The van der Waals surface area contributed by atoms with Crippen molar-refractivity contribution in [2.75, 3.05) is 0 Å². The first kappa shape index (κ1) is 7.20. The summed E-state index contributed by atoms with van der Waals surface area (Å²) in [4.78, 5) is 10.2. The zero-order valence-corrected chi connectivity index (χ0v) is 6.19. The van der Waals surface area contributed by atoms with Gasteiger partial charge >= 0.3 is 0 Å². The molecule has 0 saturated heterocycles. The fraction of sp³-hybridized carbons (Fsp3) is 0.500. The van der Waals surface area contributed by atoms with E-state index in [-0.39, 0.29) is 0 Å². The van der Waals surface area contributed by atoms with E-state index in [0.717, 1.165) is 0 Å². The maximum atomic E-state index is 10.2. The number of hydrogen-bond donors (Lipinski definition) is 1. The molecule has 0 saturated carbocycles. The van der Waals surface area contributed by atoms with E-state index in [2.05, 4.69) is 28.2 Å². The lowest BCUT2D eigenvalue weighted by Crippen LogP contribution is -2.02. The van der Waals surface area contributed by atoms with Crippen LogP contribution in [0.15, 0.2) is 0 Å². The highest BCUT2D eigenvalue weighted by molar-refractivity contribution is 7.81. The van der Waals surface area contributed by atoms with Crippen LogP contribution in [0.5, 0.6) is 0 Å². The Morgan fingerprint density at radius 2 is 2.50 bits per heavy atom. The fourth-order valence-corrected chi connectivity index (χ4v) is 0.767. The molecule has 5 nitrogen and oxygen atoms in total. The van der Waals surface area contributed by atoms with Gasteiger partial charge in [0.2, 0.25) is 0 Å². The van der Waals surface area contributed by atoms with Gasteiger partial charge in [-0.2, -0.15) is 12.6 Å². The number of aryl methyl sites for hydroxylation is 1. The third-order valence-electron chi connectivity index (χ3n) is 1.05. The lowest BCUT2D eigenvalue weighted by atomic mass is 10.4. The Labute approximate surface area is 62.8 Å². The molecule has 0 aliphatic carbocycles. The van der Waals surface area contributed by atoms with E-state index in [1.54, 1.807) is 7.05 Å². The predicted molar refractivity (Wildman–Crippen MR) is 36.6 cm³/mol. The molecule has 0 aliphatic rings. The van der Waals surface area contributed by atoms with Crippen molar-refractivity contribution >= 4 is 18.9 Å². The zero-order chi connectivity index (χ0) is 7.56. The van der Waals surface area contributed by atoms with E-state index in [0.29, 0.717) is 12.1 Å². The van der Waals surface area contributed by atoms with Crippen LogP contribution in [0, 0.1) is 0 Å². The van der Waals surface area contributed by atoms with Crippen molar-refractivity contribution in [3.05, 3.63) is 5.82 Å². The summed E-state index contributed by atoms with van der Waals surface area (Å²) in [6.07, 6.45) is 0.675. The Kier molecular flexibility index (Phi) is 2.00. The Bertz CT molecular complexity index is 235. The van der Waals surface area contributed by atoms with Gasteiger partial charge in [-0.15, -0.1) is 5.10 Å². The normalized spacial score (nSPS) is 13.0. The summed E-state index contributed by atoms with van der Waals surface area (Å²) in [5.41, 5.74) is 0. The summed E-state index contributed by atoms with van der Waals surface area (Å²) in [5, 5.41) is 9.93. The second-order valence-corrected chi connectivity index (χ2v) is 2.30. The van der Waals surface area contributed by atoms with Gasteiger partial charge in [0.05, 0.1) is 0 Å². The average molecular weight is 158 g/mol. The molecule has 0 fully saturated rings. The molecule has 6 heteroatoms. The maximum absolute atomic E-state index is 10.2. The van der Waals surface area contributed by atoms with Crippen molar-refractivity contribution in [2.24, 2.45) is 7.05 Å². The van der Waals surface area contributed by atoms with E-state index < -0.39 is 5.25 Å². The zero-order valence-electron chi connectivity index (χ0n) is 5.30. The molecule has 0 aliphatic heterocycles. The van der Waals surface area contributed by atoms with Crippen LogP contribution in [0.25, 0.3) is 0 Å². The molecule has 1 aromatic rings. The first-order chi connectivity index (χ1) is 4.75. The number of thiol groups is 1. The molecule has 0 bridgehead atoms. The summed E-state index contributed by atoms with van der Waals surface area (Å²) >= 11 is 3.92. The van der Waals surface area contributed by atoms with Crippen LogP contribution >= 0.6 is 12.6 Å². The van der Waals surface area contributed by atoms with Crippen molar-refractivity contribution in [1.29, 1.82) is 0 Å². The lowest BCUT2D eigenvalue weighted by molar-refractivity contribution is -0.107. The second-order valence-electron chi connectivity index (χ2n) is 1.74. The molecule has 54 valence electrons. The van der Waals surface area contributed by atoms with Gasteiger partial charge in [-0.3, -0.25) is 0 Å². The summed E-state index contributed by atoms with van der Waals surface area (Å²) in [5.74, 6) is 0.457. The van der Waals surface area contributed by atoms with Gasteiger partial charge in [-0.05, 0) is 10.4 Å². The molecule has 1 aromatic heterocycles. The molecule has 1 unspecified atom stereocenters. The molecule has 1 heterocycles. The molecular formula is C4H6N4OS. The van der Waals surface area contributed by atoms with Crippen LogP contribution in [0.3, 0.4) is 0 Å². The summed E-state index contributed by atoms with van der Waals surface area (Å²) in [6.45, 7) is 0. The minimum atomic E-state index is -0.528. The van der Waals surface area contributed by atoms with Crippen molar-refractivity contribution < 1.29 is 4.79 Å². The molecular weight excluding hydrogens is 152 g/mol. The number of rotatable bonds is 2. The monoisotopic (exact) mass is 158 g/mol. The van der Waals surface area contributed by atoms with Crippen molar-refractivity contribution in [1.82, 2.24) is 20.2 Å². The standard InChI is InChI=1S/C4H6N4OS/c1-8-4(3(10)2-9)5-6-7-8/h2-3,10H,1H3. The van der Waals surface area contributed by atoms with Gasteiger partial charge in [0.1, 0.15) is 11.5 Å². The molecule has 10 heavy (non-hydrogen) atoms. The predicted octanol–water partition coefficient (Wildman–Crippen LogP) is -0.620. The number of carbonyl (C=O) groups excluding carboxylic acids is 1. The third kappa shape index (κ3) is 1.15. The first-order valence-corrected chi connectivity index (χ1v) is 3.13. The van der Waals surface area contributed by atoms with E-state index in [4.69, 9.17) is 0 Å². The summed E-state index contributed by atoms with van der Waals surface area (Å²) in [6, 6.07) is 0. The van der Waals surface area contributed by atoms with Crippen molar-refractivity contribution in [3.8, 4) is 0 Å². The fourth-order valence-electron chi connectivity index (χ4n) is 0.548. The highest BCUT2D eigenvalue weighted by atomic mass is 32.1. The number of aldehydes is 1. The van der Waals surface area contributed by atoms with E-state index in [1.165, 1.54) is 4.68 Å². The molecule has 0 radical (unpaired) electrons. The van der Waals surface area contributed by atoms with Crippen LogP contribution in [0.2, 0.25) is 0 Å². The van der Waals surface area contributed by atoms with Crippen LogP contribution in [0.1, 0.15) is 11.1 Å². The van der Waals surface area contributed by atoms with Gasteiger partial charge in [-0.25, -0.2) is 4.68 Å². The minimum Gasteiger partial charge on any atom is -0.302 e. The van der Waals surface area contributed by atoms with Crippen LogP contribution < -0.4 is 0 Å². The van der Waals surface area contributed by atoms with Crippen molar-refractivity contribution in [2.45, 2.75) is 5.25 Å². The summed E-state index contributed by atoms with van der Waals surface area (Å²) < 4.78 is 1.41. The van der Waals surface area contributed by atoms with Gasteiger partial charge in [0.15, 0.2) is 5.82 Å². The average Bonchev–Trinajstić information content (AvgIpc) is 2.34. The van der Waals surface area contributed by atoms with Gasteiger partial charge in [0.25, 0.3) is 0 Å². The summed E-state index contributed by atoms with van der Waals surface area (Å²) in [7, 11) is 1.65. The number of aromatic nitrogens is 4. The molecule has 0 spiro atoms. The molecule has 0 amide bonds. The van der Waals surface area contributed by atoms with Gasteiger partial charge in [-0.1, -0.05) is 0 Å². The lowest BCUT2D eigenvalue weighted by Gasteiger charge is -1.96. The molecule has 0 N–H and O–H groups in total. The quantitative estimate of drug-likeness (QED) is 0.460. The highest BCUT2D eigenvalue weighted by Crippen LogP contribution is 2.10. The number of nitrogens with zero attached hydrogens (tertiary/aromatic N) is 4. The Balaban J connectivity index is 2.92. The van der Waals surface area contributed by atoms with E-state index in [1.807, 2.05) is 0 Å². The van der Waals surface area contributed by atoms with Crippen LogP contribution in [-0.2, 0) is 11.8 Å². The van der Waals surface area contributed by atoms with Crippen molar-refractivity contribution in [3.63, 3.8) is 0 Å². The Morgan fingerprint density at radius 3 is 2.90 bits per heavy atom. The minimum absolute atomic E-state index is 0.457. The van der Waals surface area contributed by atoms with Crippen LogP contribution in [0.4, 0.5) is 0 Å². The Hall–Kier alpha value is -0.910. The molecule has 0 aromatic carbocycles. The highest BCUT2D eigenvalue weighted by Gasteiger charge is 2.10. The van der Waals surface area contributed by atoms with E-state index in [9.17, 15) is 4.79 Å². The van der Waals surface area contributed by atoms with Gasteiger partial charge in [0, 0.05) is 7.05 Å². The third-order valence-corrected chi connectivity index (χ3v) is 1.40. The number of tetrazole rings is 1. The van der Waals surface area contributed by atoms with Gasteiger partial charge < -0.3 is 4.79 Å². The maximum Gasteiger partial charge on any atom is 0.170 e. The SMILES string of the molecule is Cn1nnnc1C(S)C=O. The number of hydrogen-bond acceptors (Lipinski definition) is 5. The Morgan fingerprint density at radius 1 is 1.80 bits per heavy atom.